The topological polar surface area (TPSA) is 9.23 Å². The van der Waals surface area contributed by atoms with Crippen LogP contribution in [-0.2, 0) is 5.92 Å². The summed E-state index contributed by atoms with van der Waals surface area (Å²) in [5, 5.41) is 0.0643. The van der Waals surface area contributed by atoms with Crippen molar-refractivity contribution < 1.29 is 13.5 Å². The van der Waals surface area contributed by atoms with E-state index in [2.05, 4.69) is 0 Å². The molecule has 0 aliphatic heterocycles. The molecule has 0 aliphatic rings. The lowest BCUT2D eigenvalue weighted by Gasteiger charge is -2.19. The lowest BCUT2D eigenvalue weighted by atomic mass is 9.98. The van der Waals surface area contributed by atoms with Crippen molar-refractivity contribution >= 4 is 11.6 Å². The number of halogens is 3. The summed E-state index contributed by atoms with van der Waals surface area (Å²) < 4.78 is 34.3. The van der Waals surface area contributed by atoms with Gasteiger partial charge in [0.2, 0.25) is 0 Å². The lowest BCUT2D eigenvalue weighted by Crippen LogP contribution is -2.16. The number of rotatable bonds is 4. The Kier molecular flexibility index (Phi) is 4.29. The van der Waals surface area contributed by atoms with Gasteiger partial charge in [0.05, 0.1) is 11.6 Å². The van der Waals surface area contributed by atoms with Crippen molar-refractivity contribution in [2.24, 2.45) is 0 Å². The van der Waals surface area contributed by atoms with Gasteiger partial charge in [-0.1, -0.05) is 23.2 Å². The van der Waals surface area contributed by atoms with Crippen LogP contribution in [0, 0.1) is 6.92 Å². The molecule has 106 valence electrons. The van der Waals surface area contributed by atoms with Crippen LogP contribution in [-0.4, -0.2) is 6.61 Å². The molecule has 20 heavy (non-hydrogen) atoms. The Labute approximate surface area is 122 Å². The Balaban J connectivity index is 2.40. The molecule has 0 atom stereocenters. The average Bonchev–Trinajstić information content (AvgIpc) is 2.42. The molecule has 4 heteroatoms. The Morgan fingerprint density at radius 1 is 1.10 bits per heavy atom. The smallest absolute Gasteiger partial charge is 0.299 e. The van der Waals surface area contributed by atoms with Gasteiger partial charge < -0.3 is 4.74 Å². The van der Waals surface area contributed by atoms with Gasteiger partial charge in [0.1, 0.15) is 5.75 Å². The molecule has 0 aliphatic carbocycles. The third-order valence-electron chi connectivity index (χ3n) is 2.99. The molecule has 0 heterocycles. The molecule has 0 aromatic heterocycles. The van der Waals surface area contributed by atoms with Gasteiger partial charge in [-0.3, -0.25) is 0 Å². The van der Waals surface area contributed by atoms with Crippen molar-refractivity contribution in [3.63, 3.8) is 0 Å². The predicted molar refractivity (Wildman–Crippen MR) is 76.8 cm³/mol. The second-order valence-corrected chi connectivity index (χ2v) is 4.92. The normalized spacial score (nSPS) is 11.4. The first-order valence-electron chi connectivity index (χ1n) is 6.33. The van der Waals surface area contributed by atoms with Gasteiger partial charge in [-0.15, -0.1) is 0 Å². The van der Waals surface area contributed by atoms with Gasteiger partial charge in [0.15, 0.2) is 0 Å². The summed E-state index contributed by atoms with van der Waals surface area (Å²) in [5.74, 6) is -2.56. The highest BCUT2D eigenvalue weighted by Gasteiger charge is 2.36. The number of hydrogen-bond acceptors (Lipinski definition) is 1. The van der Waals surface area contributed by atoms with Crippen LogP contribution in [0.4, 0.5) is 8.78 Å². The minimum Gasteiger partial charge on any atom is -0.494 e. The van der Waals surface area contributed by atoms with E-state index in [1.165, 1.54) is 36.4 Å². The van der Waals surface area contributed by atoms with Crippen LogP contribution in [0.1, 0.15) is 23.6 Å². The molecular formula is C16H15ClF2O. The Hall–Kier alpha value is -1.61. The van der Waals surface area contributed by atoms with Crippen LogP contribution in [0.25, 0.3) is 0 Å². The molecule has 0 bridgehead atoms. The number of hydrogen-bond donors (Lipinski definition) is 0. The molecule has 0 N–H and O–H groups in total. The summed E-state index contributed by atoms with van der Waals surface area (Å²) in [7, 11) is 0. The first-order chi connectivity index (χ1) is 9.45. The van der Waals surface area contributed by atoms with E-state index in [4.69, 9.17) is 16.3 Å². The van der Waals surface area contributed by atoms with Crippen molar-refractivity contribution in [1.29, 1.82) is 0 Å². The predicted octanol–water partition coefficient (Wildman–Crippen LogP) is 5.19. The highest BCUT2D eigenvalue weighted by atomic mass is 35.5. The number of ether oxygens (including phenoxy) is 1. The van der Waals surface area contributed by atoms with E-state index in [1.807, 2.05) is 6.92 Å². The zero-order chi connectivity index (χ0) is 14.8. The van der Waals surface area contributed by atoms with E-state index in [0.717, 1.165) is 5.56 Å². The van der Waals surface area contributed by atoms with Crippen LogP contribution in [0.2, 0.25) is 5.02 Å². The molecular weight excluding hydrogens is 282 g/mol. The van der Waals surface area contributed by atoms with Gasteiger partial charge in [-0.05, 0) is 50.2 Å². The first kappa shape index (κ1) is 14.8. The van der Waals surface area contributed by atoms with Crippen molar-refractivity contribution in [2.75, 3.05) is 6.61 Å². The highest BCUT2D eigenvalue weighted by molar-refractivity contribution is 6.31. The fourth-order valence-corrected chi connectivity index (χ4v) is 2.20. The SMILES string of the molecule is CCOc1ccc(C(F)(F)c2cc(C)ccc2Cl)cc1. The Morgan fingerprint density at radius 3 is 2.35 bits per heavy atom. The van der Waals surface area contributed by atoms with E-state index in [-0.39, 0.29) is 16.1 Å². The first-order valence-corrected chi connectivity index (χ1v) is 6.70. The second kappa shape index (κ2) is 5.80. The number of alkyl halides is 2. The summed E-state index contributed by atoms with van der Waals surface area (Å²) in [6, 6.07) is 10.4. The Bertz CT molecular complexity index is 594. The van der Waals surface area contributed by atoms with E-state index in [0.29, 0.717) is 12.4 Å². The second-order valence-electron chi connectivity index (χ2n) is 4.52. The molecule has 0 saturated carbocycles. The summed E-state index contributed by atoms with van der Waals surface area (Å²) in [4.78, 5) is 0. The molecule has 0 unspecified atom stereocenters. The highest BCUT2D eigenvalue weighted by Crippen LogP contribution is 2.40. The van der Waals surface area contributed by atoms with Crippen molar-refractivity contribution in [1.82, 2.24) is 0 Å². The molecule has 0 amide bonds. The van der Waals surface area contributed by atoms with E-state index in [1.54, 1.807) is 13.0 Å². The standard InChI is InChI=1S/C16H15ClF2O/c1-3-20-13-7-5-12(6-8-13)16(18,19)14-10-11(2)4-9-15(14)17/h4-10H,3H2,1-2H3. The maximum Gasteiger partial charge on any atom is 0.299 e. The third kappa shape index (κ3) is 2.93. The van der Waals surface area contributed by atoms with Crippen molar-refractivity contribution in [2.45, 2.75) is 19.8 Å². The van der Waals surface area contributed by atoms with Crippen LogP contribution in [0.3, 0.4) is 0 Å². The summed E-state index contributed by atoms with van der Waals surface area (Å²) in [6.07, 6.45) is 0. The fourth-order valence-electron chi connectivity index (χ4n) is 1.96. The van der Waals surface area contributed by atoms with Gasteiger partial charge in [0.25, 0.3) is 5.92 Å². The van der Waals surface area contributed by atoms with Gasteiger partial charge >= 0.3 is 0 Å². The summed E-state index contributed by atoms with van der Waals surface area (Å²) in [6.45, 7) is 4.10. The van der Waals surface area contributed by atoms with Gasteiger partial charge in [-0.25, -0.2) is 0 Å². The maximum atomic E-state index is 14.5. The molecule has 2 rings (SSSR count). The maximum absolute atomic E-state index is 14.5. The Morgan fingerprint density at radius 2 is 1.75 bits per heavy atom. The van der Waals surface area contributed by atoms with E-state index < -0.39 is 5.92 Å². The van der Waals surface area contributed by atoms with E-state index in [9.17, 15) is 8.78 Å². The van der Waals surface area contributed by atoms with Crippen LogP contribution >= 0.6 is 11.6 Å². The van der Waals surface area contributed by atoms with Gasteiger partial charge in [-0.2, -0.15) is 8.78 Å². The third-order valence-corrected chi connectivity index (χ3v) is 3.32. The quantitative estimate of drug-likeness (QED) is 0.754. The lowest BCUT2D eigenvalue weighted by molar-refractivity contribution is 0.0428. The minimum absolute atomic E-state index is 0.0643. The molecule has 0 saturated heterocycles. The number of benzene rings is 2. The van der Waals surface area contributed by atoms with E-state index >= 15 is 0 Å². The van der Waals surface area contributed by atoms with Crippen molar-refractivity contribution in [3.8, 4) is 5.75 Å². The molecule has 0 radical (unpaired) electrons. The summed E-state index contributed by atoms with van der Waals surface area (Å²) in [5.41, 5.74) is 0.465. The molecule has 2 aromatic carbocycles. The van der Waals surface area contributed by atoms with Gasteiger partial charge in [0, 0.05) is 11.1 Å². The largest absolute Gasteiger partial charge is 0.494 e. The molecule has 0 fully saturated rings. The zero-order valence-electron chi connectivity index (χ0n) is 11.3. The zero-order valence-corrected chi connectivity index (χ0v) is 12.0. The minimum atomic E-state index is -3.13. The van der Waals surface area contributed by atoms with Crippen LogP contribution in [0.15, 0.2) is 42.5 Å². The monoisotopic (exact) mass is 296 g/mol. The van der Waals surface area contributed by atoms with Crippen LogP contribution in [0.5, 0.6) is 5.75 Å². The van der Waals surface area contributed by atoms with Crippen LogP contribution < -0.4 is 4.74 Å². The summed E-state index contributed by atoms with van der Waals surface area (Å²) >= 11 is 5.91. The average molecular weight is 297 g/mol. The number of aryl methyl sites for hydroxylation is 1. The molecule has 0 spiro atoms. The molecule has 2 aromatic rings. The fraction of sp³-hybridized carbons (Fsp3) is 0.250. The van der Waals surface area contributed by atoms with Crippen molar-refractivity contribution in [3.05, 3.63) is 64.2 Å². The molecule has 1 nitrogen and oxygen atoms in total.